The molecule has 3 rings (SSSR count). The Bertz CT molecular complexity index is 791. The molecule has 1 aromatic carbocycles. The lowest BCUT2D eigenvalue weighted by Crippen LogP contribution is -2.15. The minimum atomic E-state index is -0.180. The van der Waals surface area contributed by atoms with Crippen LogP contribution in [0.15, 0.2) is 60.1 Å². The van der Waals surface area contributed by atoms with Crippen LogP contribution in [0.25, 0.3) is 5.69 Å². The molecule has 6 nitrogen and oxygen atoms in total. The number of carbonyl (C=O) groups is 1. The molecule has 2 aromatic heterocycles. The van der Waals surface area contributed by atoms with Crippen molar-refractivity contribution in [3.63, 3.8) is 0 Å². The first-order valence-electron chi connectivity index (χ1n) is 6.72. The van der Waals surface area contributed by atoms with Gasteiger partial charge < -0.3 is 5.32 Å². The van der Waals surface area contributed by atoms with Gasteiger partial charge in [-0.25, -0.2) is 14.6 Å². The Morgan fingerprint density at radius 2 is 2.00 bits per heavy atom. The van der Waals surface area contributed by atoms with E-state index in [-0.39, 0.29) is 11.7 Å². The largest absolute Gasteiger partial charge is 0.310 e. The number of hydrogen-bond acceptors (Lipinski definition) is 5. The van der Waals surface area contributed by atoms with Gasteiger partial charge >= 0.3 is 0 Å². The number of para-hydroxylation sites is 1. The van der Waals surface area contributed by atoms with Gasteiger partial charge in [0.1, 0.15) is 12.1 Å². The minimum Gasteiger partial charge on any atom is -0.310 e. The summed E-state index contributed by atoms with van der Waals surface area (Å²) in [5.41, 5.74) is 0.918. The van der Waals surface area contributed by atoms with E-state index in [0.29, 0.717) is 16.0 Å². The molecule has 1 amide bonds. The number of thioether (sulfide) groups is 1. The highest BCUT2D eigenvalue weighted by Crippen LogP contribution is 2.15. The summed E-state index contributed by atoms with van der Waals surface area (Å²) < 4.78 is 1.67. The Morgan fingerprint density at radius 3 is 2.74 bits per heavy atom. The molecule has 0 aliphatic rings. The van der Waals surface area contributed by atoms with Crippen LogP contribution in [-0.4, -0.2) is 31.4 Å². The van der Waals surface area contributed by atoms with Crippen LogP contribution < -0.4 is 5.32 Å². The van der Waals surface area contributed by atoms with Crippen LogP contribution in [0.2, 0.25) is 5.02 Å². The van der Waals surface area contributed by atoms with Crippen molar-refractivity contribution >= 4 is 35.1 Å². The van der Waals surface area contributed by atoms with Crippen LogP contribution >= 0.6 is 23.4 Å². The van der Waals surface area contributed by atoms with Crippen molar-refractivity contribution in [3.05, 3.63) is 60.0 Å². The maximum absolute atomic E-state index is 11.9. The van der Waals surface area contributed by atoms with Gasteiger partial charge in [-0.15, -0.1) is 5.10 Å². The lowest BCUT2D eigenvalue weighted by molar-refractivity contribution is -0.113. The number of anilines is 1. The van der Waals surface area contributed by atoms with E-state index in [1.165, 1.54) is 18.0 Å². The average molecular weight is 346 g/mol. The van der Waals surface area contributed by atoms with Crippen molar-refractivity contribution in [1.29, 1.82) is 0 Å². The number of halogens is 1. The van der Waals surface area contributed by atoms with Crippen LogP contribution in [0, 0.1) is 0 Å². The zero-order chi connectivity index (χ0) is 16.1. The summed E-state index contributed by atoms with van der Waals surface area (Å²) >= 11 is 7.00. The third kappa shape index (κ3) is 4.30. The van der Waals surface area contributed by atoms with Gasteiger partial charge in [-0.3, -0.25) is 4.79 Å². The fourth-order valence-corrected chi connectivity index (χ4v) is 2.49. The van der Waals surface area contributed by atoms with E-state index in [2.05, 4.69) is 20.4 Å². The monoisotopic (exact) mass is 345 g/mol. The third-order valence-electron chi connectivity index (χ3n) is 2.82. The molecule has 0 atom stereocenters. The van der Waals surface area contributed by atoms with Gasteiger partial charge in [-0.05, 0) is 24.3 Å². The summed E-state index contributed by atoms with van der Waals surface area (Å²) in [7, 11) is 0. The molecular formula is C15H12ClN5OS. The second-order valence-corrected chi connectivity index (χ2v) is 5.88. The quantitative estimate of drug-likeness (QED) is 0.719. The van der Waals surface area contributed by atoms with E-state index < -0.39 is 0 Å². The topological polar surface area (TPSA) is 72.7 Å². The molecule has 23 heavy (non-hydrogen) atoms. The molecule has 0 unspecified atom stereocenters. The van der Waals surface area contributed by atoms with Crippen molar-refractivity contribution < 1.29 is 4.79 Å². The Balaban J connectivity index is 1.55. The highest BCUT2D eigenvalue weighted by molar-refractivity contribution is 7.99. The van der Waals surface area contributed by atoms with Gasteiger partial charge in [-0.2, -0.15) is 0 Å². The first kappa shape index (κ1) is 15.5. The Morgan fingerprint density at radius 1 is 1.17 bits per heavy atom. The van der Waals surface area contributed by atoms with E-state index >= 15 is 0 Å². The second-order valence-electron chi connectivity index (χ2n) is 4.51. The molecule has 0 saturated heterocycles. The van der Waals surface area contributed by atoms with E-state index in [9.17, 15) is 4.79 Å². The van der Waals surface area contributed by atoms with Crippen molar-refractivity contribution in [3.8, 4) is 5.69 Å². The molecule has 0 radical (unpaired) electrons. The van der Waals surface area contributed by atoms with Gasteiger partial charge in [0.05, 0.1) is 16.5 Å². The highest BCUT2D eigenvalue weighted by Gasteiger charge is 2.08. The molecule has 3 aromatic rings. The lowest BCUT2D eigenvalue weighted by Gasteiger charge is -2.02. The fourth-order valence-electron chi connectivity index (χ4n) is 1.78. The number of pyridine rings is 1. The summed E-state index contributed by atoms with van der Waals surface area (Å²) in [5, 5.41) is 8.07. The van der Waals surface area contributed by atoms with Gasteiger partial charge in [0, 0.05) is 6.20 Å². The number of carbonyl (C=O) groups excluding carboxylic acids is 1. The zero-order valence-corrected chi connectivity index (χ0v) is 13.5. The SMILES string of the molecule is O=C(CSc1ncn(-c2ccccc2)n1)Nc1ccc(Cl)cn1. The van der Waals surface area contributed by atoms with Gasteiger partial charge in [0.15, 0.2) is 0 Å². The Hall–Kier alpha value is -2.38. The van der Waals surface area contributed by atoms with E-state index in [4.69, 9.17) is 11.6 Å². The standard InChI is InChI=1S/C15H12ClN5OS/c16-11-6-7-13(17-8-11)19-14(22)9-23-15-18-10-21(20-15)12-4-2-1-3-5-12/h1-8,10H,9H2,(H,17,19,22). The van der Waals surface area contributed by atoms with Crippen molar-refractivity contribution in [1.82, 2.24) is 19.7 Å². The highest BCUT2D eigenvalue weighted by atomic mass is 35.5. The van der Waals surface area contributed by atoms with Crippen molar-refractivity contribution in [2.45, 2.75) is 5.16 Å². The zero-order valence-electron chi connectivity index (χ0n) is 11.9. The number of nitrogens with one attached hydrogen (secondary N) is 1. The van der Waals surface area contributed by atoms with Gasteiger partial charge in [0.2, 0.25) is 11.1 Å². The first-order chi connectivity index (χ1) is 11.2. The predicted molar refractivity (Wildman–Crippen MR) is 90.0 cm³/mol. The third-order valence-corrected chi connectivity index (χ3v) is 3.89. The molecular weight excluding hydrogens is 334 g/mol. The molecule has 0 aliphatic carbocycles. The number of nitrogens with zero attached hydrogens (tertiary/aromatic N) is 4. The molecule has 0 saturated carbocycles. The molecule has 1 N–H and O–H groups in total. The molecule has 0 aliphatic heterocycles. The molecule has 116 valence electrons. The first-order valence-corrected chi connectivity index (χ1v) is 8.08. The molecule has 8 heteroatoms. The van der Waals surface area contributed by atoms with Crippen LogP contribution in [0.5, 0.6) is 0 Å². The normalized spacial score (nSPS) is 10.5. The number of amides is 1. The fraction of sp³-hybridized carbons (Fsp3) is 0.0667. The van der Waals surface area contributed by atoms with Gasteiger partial charge in [0.25, 0.3) is 0 Å². The van der Waals surface area contributed by atoms with Crippen molar-refractivity contribution in [2.75, 3.05) is 11.1 Å². The maximum Gasteiger partial charge on any atom is 0.236 e. The molecule has 0 bridgehead atoms. The predicted octanol–water partition coefficient (Wildman–Crippen LogP) is 3.05. The number of benzene rings is 1. The van der Waals surface area contributed by atoms with E-state index in [1.54, 1.807) is 23.1 Å². The van der Waals surface area contributed by atoms with E-state index in [0.717, 1.165) is 5.69 Å². The van der Waals surface area contributed by atoms with Crippen LogP contribution in [-0.2, 0) is 4.79 Å². The maximum atomic E-state index is 11.9. The van der Waals surface area contributed by atoms with Crippen LogP contribution in [0.4, 0.5) is 5.82 Å². The van der Waals surface area contributed by atoms with Gasteiger partial charge in [-0.1, -0.05) is 41.6 Å². The summed E-state index contributed by atoms with van der Waals surface area (Å²) in [4.78, 5) is 20.1. The van der Waals surface area contributed by atoms with E-state index in [1.807, 2.05) is 30.3 Å². The molecule has 0 fully saturated rings. The number of rotatable bonds is 5. The smallest absolute Gasteiger partial charge is 0.236 e. The Labute approximate surface area is 141 Å². The number of aromatic nitrogens is 4. The number of hydrogen-bond donors (Lipinski definition) is 1. The minimum absolute atomic E-state index is 0.180. The Kier molecular flexibility index (Phi) is 4.89. The van der Waals surface area contributed by atoms with Crippen LogP contribution in [0.1, 0.15) is 0 Å². The van der Waals surface area contributed by atoms with Crippen molar-refractivity contribution in [2.24, 2.45) is 0 Å². The summed E-state index contributed by atoms with van der Waals surface area (Å²) in [6.45, 7) is 0. The average Bonchev–Trinajstić information content (AvgIpc) is 3.05. The molecule has 0 spiro atoms. The lowest BCUT2D eigenvalue weighted by atomic mass is 10.3. The summed E-state index contributed by atoms with van der Waals surface area (Å²) in [5.74, 6) is 0.479. The second kappa shape index (κ2) is 7.26. The molecule has 2 heterocycles. The summed E-state index contributed by atoms with van der Waals surface area (Å²) in [6.07, 6.45) is 3.10. The van der Waals surface area contributed by atoms with Crippen LogP contribution in [0.3, 0.4) is 0 Å². The summed E-state index contributed by atoms with van der Waals surface area (Å²) in [6, 6.07) is 13.0.